The molecule has 0 spiro atoms. The van der Waals surface area contributed by atoms with Crippen LogP contribution in [0.2, 0.25) is 0 Å². The van der Waals surface area contributed by atoms with Crippen LogP contribution in [0, 0.1) is 0 Å². The van der Waals surface area contributed by atoms with Crippen LogP contribution in [0.1, 0.15) is 10.5 Å². The van der Waals surface area contributed by atoms with E-state index in [0.29, 0.717) is 24.8 Å². The van der Waals surface area contributed by atoms with Crippen molar-refractivity contribution in [2.75, 3.05) is 44.6 Å². The molecule has 0 radical (unpaired) electrons. The molecule has 0 aliphatic rings. The van der Waals surface area contributed by atoms with Gasteiger partial charge in [0.15, 0.2) is 0 Å². The Hall–Kier alpha value is -2.67. The third kappa shape index (κ3) is 4.93. The molecule has 0 fully saturated rings. The zero-order valence-electron chi connectivity index (χ0n) is 13.5. The number of nitrogens with zero attached hydrogens (tertiary/aromatic N) is 3. The van der Waals surface area contributed by atoms with Crippen molar-refractivity contribution >= 4 is 23.2 Å². The summed E-state index contributed by atoms with van der Waals surface area (Å²) in [6.07, 6.45) is 1.55. The van der Waals surface area contributed by atoms with Crippen LogP contribution in [-0.4, -0.2) is 50.2 Å². The molecular weight excluding hydrogens is 294 g/mol. The lowest BCUT2D eigenvalue weighted by Gasteiger charge is -2.13. The van der Waals surface area contributed by atoms with Gasteiger partial charge in [0.25, 0.3) is 5.91 Å². The van der Waals surface area contributed by atoms with Crippen molar-refractivity contribution in [3.63, 3.8) is 0 Å². The van der Waals surface area contributed by atoms with E-state index in [1.54, 1.807) is 19.4 Å². The summed E-state index contributed by atoms with van der Waals surface area (Å²) in [7, 11) is 5.55. The van der Waals surface area contributed by atoms with Crippen LogP contribution in [0.15, 0.2) is 36.5 Å². The molecule has 7 nitrogen and oxygen atoms in total. The Kier molecular flexibility index (Phi) is 5.87. The summed E-state index contributed by atoms with van der Waals surface area (Å²) >= 11 is 0. The van der Waals surface area contributed by atoms with Gasteiger partial charge in [-0.15, -0.1) is 0 Å². The molecule has 0 bridgehead atoms. The minimum Gasteiger partial charge on any atom is -0.383 e. The second-order valence-corrected chi connectivity index (χ2v) is 5.08. The van der Waals surface area contributed by atoms with E-state index in [0.717, 1.165) is 11.4 Å². The minimum absolute atomic E-state index is 0.254. The SMILES string of the molecule is COCCNC(=O)c1ccnc(Nc2ccc(N(C)C)cc2)n1. The van der Waals surface area contributed by atoms with E-state index in [9.17, 15) is 4.79 Å². The number of aromatic nitrogens is 2. The van der Waals surface area contributed by atoms with Crippen molar-refractivity contribution < 1.29 is 9.53 Å². The molecular formula is C16H21N5O2. The molecule has 0 unspecified atom stereocenters. The number of ether oxygens (including phenoxy) is 1. The molecule has 1 amide bonds. The number of hydrogen-bond acceptors (Lipinski definition) is 6. The molecule has 1 heterocycles. The first-order valence-corrected chi connectivity index (χ1v) is 7.25. The number of carbonyl (C=O) groups is 1. The Morgan fingerprint density at radius 1 is 1.22 bits per heavy atom. The van der Waals surface area contributed by atoms with Crippen LogP contribution in [0.3, 0.4) is 0 Å². The van der Waals surface area contributed by atoms with Gasteiger partial charge in [-0.2, -0.15) is 0 Å². The number of nitrogens with one attached hydrogen (secondary N) is 2. The summed E-state index contributed by atoms with van der Waals surface area (Å²) in [6, 6.07) is 9.42. The number of rotatable bonds is 7. The monoisotopic (exact) mass is 315 g/mol. The average molecular weight is 315 g/mol. The van der Waals surface area contributed by atoms with Crippen molar-refractivity contribution in [3.05, 3.63) is 42.2 Å². The van der Waals surface area contributed by atoms with Crippen LogP contribution >= 0.6 is 0 Å². The predicted octanol–water partition coefficient (Wildman–Crippen LogP) is 1.66. The molecule has 0 saturated heterocycles. The lowest BCUT2D eigenvalue weighted by Crippen LogP contribution is -2.27. The van der Waals surface area contributed by atoms with E-state index in [4.69, 9.17) is 4.74 Å². The third-order valence-corrected chi connectivity index (χ3v) is 3.12. The van der Waals surface area contributed by atoms with E-state index in [1.807, 2.05) is 43.3 Å². The van der Waals surface area contributed by atoms with E-state index < -0.39 is 0 Å². The van der Waals surface area contributed by atoms with E-state index in [-0.39, 0.29) is 5.91 Å². The number of anilines is 3. The zero-order valence-corrected chi connectivity index (χ0v) is 13.5. The smallest absolute Gasteiger partial charge is 0.270 e. The van der Waals surface area contributed by atoms with Gasteiger partial charge in [-0.3, -0.25) is 4.79 Å². The van der Waals surface area contributed by atoms with Gasteiger partial charge in [0.05, 0.1) is 6.61 Å². The van der Waals surface area contributed by atoms with Crippen molar-refractivity contribution in [2.45, 2.75) is 0 Å². The highest BCUT2D eigenvalue weighted by atomic mass is 16.5. The summed E-state index contributed by atoms with van der Waals surface area (Å²) in [4.78, 5) is 22.3. The molecule has 23 heavy (non-hydrogen) atoms. The Labute approximate surface area is 135 Å². The fourth-order valence-corrected chi connectivity index (χ4v) is 1.87. The molecule has 0 aliphatic heterocycles. The molecule has 2 rings (SSSR count). The topological polar surface area (TPSA) is 79.4 Å². The number of methoxy groups -OCH3 is 1. The van der Waals surface area contributed by atoms with Gasteiger partial charge in [-0.25, -0.2) is 9.97 Å². The maximum absolute atomic E-state index is 12.0. The summed E-state index contributed by atoms with van der Waals surface area (Å²) in [5.41, 5.74) is 2.26. The number of carbonyl (C=O) groups excluding carboxylic acids is 1. The first-order valence-electron chi connectivity index (χ1n) is 7.25. The van der Waals surface area contributed by atoms with Crippen LogP contribution in [0.25, 0.3) is 0 Å². The Morgan fingerprint density at radius 2 is 1.96 bits per heavy atom. The highest BCUT2D eigenvalue weighted by molar-refractivity contribution is 5.92. The second kappa shape index (κ2) is 8.09. The molecule has 7 heteroatoms. The van der Waals surface area contributed by atoms with Crippen LogP contribution < -0.4 is 15.5 Å². The van der Waals surface area contributed by atoms with Crippen molar-refractivity contribution in [1.29, 1.82) is 0 Å². The highest BCUT2D eigenvalue weighted by Gasteiger charge is 2.08. The molecule has 1 aromatic heterocycles. The number of amides is 1. The van der Waals surface area contributed by atoms with Crippen LogP contribution in [0.5, 0.6) is 0 Å². The third-order valence-electron chi connectivity index (χ3n) is 3.12. The van der Waals surface area contributed by atoms with Gasteiger partial charge >= 0.3 is 0 Å². The van der Waals surface area contributed by atoms with Crippen molar-refractivity contribution in [1.82, 2.24) is 15.3 Å². The van der Waals surface area contributed by atoms with Gasteiger partial charge in [-0.1, -0.05) is 0 Å². The molecule has 2 N–H and O–H groups in total. The molecule has 0 atom stereocenters. The molecule has 0 saturated carbocycles. The molecule has 122 valence electrons. The largest absolute Gasteiger partial charge is 0.383 e. The molecule has 1 aromatic carbocycles. The maximum Gasteiger partial charge on any atom is 0.270 e. The van der Waals surface area contributed by atoms with Crippen molar-refractivity contribution in [3.8, 4) is 0 Å². The Morgan fingerprint density at radius 3 is 2.61 bits per heavy atom. The Balaban J connectivity index is 2.03. The Bertz CT molecular complexity index is 643. The second-order valence-electron chi connectivity index (χ2n) is 5.08. The minimum atomic E-state index is -0.254. The standard InChI is InChI=1S/C16H21N5O2/c1-21(2)13-6-4-12(5-7-13)19-16-18-9-8-14(20-16)15(22)17-10-11-23-3/h4-9H,10-11H2,1-3H3,(H,17,22)(H,18,19,20). The fourth-order valence-electron chi connectivity index (χ4n) is 1.87. The summed E-state index contributed by atoms with van der Waals surface area (Å²) < 4.78 is 4.89. The quantitative estimate of drug-likeness (QED) is 0.757. The van der Waals surface area contributed by atoms with Gasteiger partial charge < -0.3 is 20.3 Å². The maximum atomic E-state index is 12.0. The average Bonchev–Trinajstić information content (AvgIpc) is 2.56. The lowest BCUT2D eigenvalue weighted by molar-refractivity contribution is 0.0932. The van der Waals surface area contributed by atoms with Gasteiger partial charge in [0.1, 0.15) is 5.69 Å². The summed E-state index contributed by atoms with van der Waals surface area (Å²) in [5.74, 6) is 0.123. The van der Waals surface area contributed by atoms with E-state index in [1.165, 1.54) is 0 Å². The van der Waals surface area contributed by atoms with Gasteiger partial charge in [0.2, 0.25) is 5.95 Å². The summed E-state index contributed by atoms with van der Waals surface area (Å²) in [5, 5.41) is 5.81. The molecule has 2 aromatic rings. The molecule has 0 aliphatic carbocycles. The van der Waals surface area contributed by atoms with E-state index in [2.05, 4.69) is 20.6 Å². The van der Waals surface area contributed by atoms with E-state index >= 15 is 0 Å². The first-order chi connectivity index (χ1) is 11.1. The summed E-state index contributed by atoms with van der Waals surface area (Å²) in [6.45, 7) is 0.897. The fraction of sp³-hybridized carbons (Fsp3) is 0.312. The van der Waals surface area contributed by atoms with Crippen molar-refractivity contribution in [2.24, 2.45) is 0 Å². The normalized spacial score (nSPS) is 10.2. The van der Waals surface area contributed by atoms with Gasteiger partial charge in [0, 0.05) is 45.3 Å². The number of hydrogen-bond donors (Lipinski definition) is 2. The zero-order chi connectivity index (χ0) is 16.7. The highest BCUT2D eigenvalue weighted by Crippen LogP contribution is 2.18. The van der Waals surface area contributed by atoms with Crippen LogP contribution in [-0.2, 0) is 4.74 Å². The number of benzene rings is 1. The first kappa shape index (κ1) is 16.7. The van der Waals surface area contributed by atoms with Crippen LogP contribution in [0.4, 0.5) is 17.3 Å². The lowest BCUT2D eigenvalue weighted by atomic mass is 10.2. The van der Waals surface area contributed by atoms with Gasteiger partial charge in [-0.05, 0) is 30.3 Å². The predicted molar refractivity (Wildman–Crippen MR) is 90.3 cm³/mol.